The molecule has 0 saturated heterocycles. The Hall–Kier alpha value is -2.11. The minimum atomic E-state index is -0.193. The summed E-state index contributed by atoms with van der Waals surface area (Å²) in [4.78, 5) is 16.9. The van der Waals surface area contributed by atoms with Crippen molar-refractivity contribution in [2.45, 2.75) is 32.7 Å². The first-order chi connectivity index (χ1) is 12.1. The average Bonchev–Trinajstić information content (AvgIpc) is 2.93. The van der Waals surface area contributed by atoms with Crippen LogP contribution in [0.25, 0.3) is 17.1 Å². The van der Waals surface area contributed by atoms with Crippen LogP contribution < -0.4 is 5.69 Å². The summed E-state index contributed by atoms with van der Waals surface area (Å²) in [5.41, 5.74) is 1.17. The van der Waals surface area contributed by atoms with Gasteiger partial charge in [-0.1, -0.05) is 43.0 Å². The molecule has 2 aromatic heterocycles. The summed E-state index contributed by atoms with van der Waals surface area (Å²) >= 11 is 12.3. The van der Waals surface area contributed by atoms with Crippen molar-refractivity contribution in [3.8, 4) is 17.1 Å². The van der Waals surface area contributed by atoms with Crippen LogP contribution in [0.2, 0.25) is 10.0 Å². The molecule has 0 saturated carbocycles. The quantitative estimate of drug-likeness (QED) is 0.591. The molecular formula is C18H18Cl2N4O. The monoisotopic (exact) mass is 376 g/mol. The number of benzene rings is 1. The largest absolute Gasteiger partial charge is 0.350 e. The smallest absolute Gasteiger partial charge is 0.263 e. The predicted octanol–water partition coefficient (Wildman–Crippen LogP) is 4.59. The molecule has 5 nitrogen and oxygen atoms in total. The van der Waals surface area contributed by atoms with Gasteiger partial charge >= 0.3 is 5.69 Å². The van der Waals surface area contributed by atoms with Crippen LogP contribution in [-0.2, 0) is 6.54 Å². The molecule has 25 heavy (non-hydrogen) atoms. The fraction of sp³-hybridized carbons (Fsp3) is 0.278. The van der Waals surface area contributed by atoms with Crippen LogP contribution in [-0.4, -0.2) is 19.3 Å². The fourth-order valence-corrected chi connectivity index (χ4v) is 2.95. The average molecular weight is 377 g/mol. The number of hydrogen-bond acceptors (Lipinski definition) is 3. The highest BCUT2D eigenvalue weighted by atomic mass is 35.5. The number of hydrogen-bond donors (Lipinski definition) is 0. The Kier molecular flexibility index (Phi) is 5.56. The molecule has 0 N–H and O–H groups in total. The van der Waals surface area contributed by atoms with Gasteiger partial charge in [-0.25, -0.2) is 14.0 Å². The molecule has 0 amide bonds. The molecule has 0 aliphatic carbocycles. The fourth-order valence-electron chi connectivity index (χ4n) is 2.62. The number of aryl methyl sites for hydroxylation is 1. The Balaban J connectivity index is 2.15. The SMILES string of the molecule is CCCCCn1nc(-c2ccncc2Cl)n(-c2ccc(Cl)cc2)c1=O. The van der Waals surface area contributed by atoms with Crippen LogP contribution in [0.5, 0.6) is 0 Å². The van der Waals surface area contributed by atoms with Gasteiger partial charge in [0.05, 0.1) is 10.7 Å². The second-order valence-corrected chi connectivity index (χ2v) is 6.55. The molecule has 3 aromatic rings. The summed E-state index contributed by atoms with van der Waals surface area (Å²) in [6.45, 7) is 2.69. The summed E-state index contributed by atoms with van der Waals surface area (Å²) in [6, 6.07) is 8.83. The van der Waals surface area contributed by atoms with Crippen LogP contribution in [0, 0.1) is 0 Å². The second-order valence-electron chi connectivity index (χ2n) is 5.70. The van der Waals surface area contributed by atoms with Crippen molar-refractivity contribution < 1.29 is 0 Å². The van der Waals surface area contributed by atoms with Gasteiger partial charge in [-0.05, 0) is 36.8 Å². The summed E-state index contributed by atoms with van der Waals surface area (Å²) in [7, 11) is 0. The number of halogens is 2. The van der Waals surface area contributed by atoms with Crippen molar-refractivity contribution >= 4 is 23.2 Å². The normalized spacial score (nSPS) is 11.0. The lowest BCUT2D eigenvalue weighted by atomic mass is 10.2. The molecule has 0 bridgehead atoms. The second kappa shape index (κ2) is 7.85. The van der Waals surface area contributed by atoms with Crippen molar-refractivity contribution in [2.75, 3.05) is 0 Å². The molecule has 0 atom stereocenters. The van der Waals surface area contributed by atoms with Crippen molar-refractivity contribution in [1.29, 1.82) is 0 Å². The predicted molar refractivity (Wildman–Crippen MR) is 101 cm³/mol. The van der Waals surface area contributed by atoms with E-state index in [2.05, 4.69) is 17.0 Å². The van der Waals surface area contributed by atoms with Crippen molar-refractivity contribution in [1.82, 2.24) is 19.3 Å². The number of nitrogens with zero attached hydrogens (tertiary/aromatic N) is 4. The molecule has 0 aliphatic heterocycles. The molecule has 0 aliphatic rings. The van der Waals surface area contributed by atoms with E-state index in [1.54, 1.807) is 47.3 Å². The van der Waals surface area contributed by atoms with Gasteiger partial charge in [0.2, 0.25) is 0 Å². The Labute approximate surface area is 155 Å². The summed E-state index contributed by atoms with van der Waals surface area (Å²) in [5.74, 6) is 0.497. The maximum atomic E-state index is 12.9. The lowest BCUT2D eigenvalue weighted by Crippen LogP contribution is -2.24. The molecule has 7 heteroatoms. The van der Waals surface area contributed by atoms with E-state index in [1.807, 2.05) is 0 Å². The van der Waals surface area contributed by atoms with Gasteiger partial charge in [-0.2, -0.15) is 0 Å². The molecule has 0 fully saturated rings. The van der Waals surface area contributed by atoms with Crippen LogP contribution in [0.15, 0.2) is 47.5 Å². The number of rotatable bonds is 6. The molecule has 2 heterocycles. The third kappa shape index (κ3) is 3.78. The first kappa shape index (κ1) is 17.7. The highest BCUT2D eigenvalue weighted by Crippen LogP contribution is 2.26. The van der Waals surface area contributed by atoms with E-state index in [1.165, 1.54) is 4.68 Å². The van der Waals surface area contributed by atoms with Crippen LogP contribution in [0.4, 0.5) is 0 Å². The van der Waals surface area contributed by atoms with Gasteiger partial charge in [0.1, 0.15) is 0 Å². The number of aromatic nitrogens is 4. The van der Waals surface area contributed by atoms with Crippen LogP contribution in [0.1, 0.15) is 26.2 Å². The zero-order valence-corrected chi connectivity index (χ0v) is 15.3. The topological polar surface area (TPSA) is 52.7 Å². The van der Waals surface area contributed by atoms with Crippen LogP contribution >= 0.6 is 23.2 Å². The van der Waals surface area contributed by atoms with E-state index in [4.69, 9.17) is 23.2 Å². The van der Waals surface area contributed by atoms with E-state index >= 15 is 0 Å². The lowest BCUT2D eigenvalue weighted by molar-refractivity contribution is 0.536. The molecule has 0 spiro atoms. The van der Waals surface area contributed by atoms with Gasteiger partial charge in [-0.15, -0.1) is 5.10 Å². The molecule has 1 aromatic carbocycles. The minimum Gasteiger partial charge on any atom is -0.263 e. The standard InChI is InChI=1S/C18H18Cl2N4O/c1-2-3-4-11-23-18(25)24(14-7-5-13(19)6-8-14)17(22-23)15-9-10-21-12-16(15)20/h5-10,12H,2-4,11H2,1H3. The number of unbranched alkanes of at least 4 members (excludes halogenated alkanes) is 2. The molecule has 130 valence electrons. The summed E-state index contributed by atoms with van der Waals surface area (Å²) in [6.07, 6.45) is 6.20. The molecule has 0 radical (unpaired) electrons. The molecular weight excluding hydrogens is 359 g/mol. The molecule has 3 rings (SSSR count). The zero-order chi connectivity index (χ0) is 17.8. The third-order valence-corrected chi connectivity index (χ3v) is 4.46. The van der Waals surface area contributed by atoms with Crippen molar-refractivity contribution in [2.24, 2.45) is 0 Å². The Morgan fingerprint density at radius 3 is 2.52 bits per heavy atom. The van der Waals surface area contributed by atoms with Gasteiger partial charge in [0.25, 0.3) is 0 Å². The third-order valence-electron chi connectivity index (χ3n) is 3.91. The highest BCUT2D eigenvalue weighted by molar-refractivity contribution is 6.33. The highest BCUT2D eigenvalue weighted by Gasteiger charge is 2.18. The first-order valence-electron chi connectivity index (χ1n) is 8.17. The molecule has 0 unspecified atom stereocenters. The van der Waals surface area contributed by atoms with Gasteiger partial charge < -0.3 is 0 Å². The van der Waals surface area contributed by atoms with E-state index < -0.39 is 0 Å². The van der Waals surface area contributed by atoms with E-state index in [0.29, 0.717) is 33.7 Å². The van der Waals surface area contributed by atoms with Gasteiger partial charge in [0.15, 0.2) is 5.82 Å². The van der Waals surface area contributed by atoms with Gasteiger partial charge in [0, 0.05) is 29.5 Å². The van der Waals surface area contributed by atoms with E-state index in [-0.39, 0.29) is 5.69 Å². The lowest BCUT2D eigenvalue weighted by Gasteiger charge is -2.06. The Morgan fingerprint density at radius 2 is 1.84 bits per heavy atom. The number of pyridine rings is 1. The van der Waals surface area contributed by atoms with Gasteiger partial charge in [-0.3, -0.25) is 4.98 Å². The maximum absolute atomic E-state index is 12.9. The zero-order valence-electron chi connectivity index (χ0n) is 13.8. The van der Waals surface area contributed by atoms with Crippen molar-refractivity contribution in [3.63, 3.8) is 0 Å². The first-order valence-corrected chi connectivity index (χ1v) is 8.93. The van der Waals surface area contributed by atoms with Crippen LogP contribution in [0.3, 0.4) is 0 Å². The maximum Gasteiger partial charge on any atom is 0.350 e. The van der Waals surface area contributed by atoms with E-state index in [9.17, 15) is 4.79 Å². The summed E-state index contributed by atoms with van der Waals surface area (Å²) in [5, 5.41) is 5.59. The Morgan fingerprint density at radius 1 is 1.08 bits per heavy atom. The minimum absolute atomic E-state index is 0.193. The summed E-state index contributed by atoms with van der Waals surface area (Å²) < 4.78 is 3.06. The van der Waals surface area contributed by atoms with E-state index in [0.717, 1.165) is 19.3 Å². The Bertz CT molecular complexity index is 916. The van der Waals surface area contributed by atoms with Crippen molar-refractivity contribution in [3.05, 3.63) is 63.3 Å².